The van der Waals surface area contributed by atoms with E-state index < -0.39 is 32.7 Å². The number of anilines is 1. The molecule has 0 aromatic heterocycles. The molecule has 1 fully saturated rings. The predicted molar refractivity (Wildman–Crippen MR) is 104 cm³/mol. The standard InChI is InChI=1S/C18H20FN3O3S.ClH/c19-15-9-8-14(11-17(15)26(24,25)22-13-6-7-13)21-18(23)16(20)10-12-4-2-1-3-5-12;/h1-5,8-9,11,13,16,22H,6-7,10,20H2,(H,21,23);1H/t16-;/m0./s1. The quantitative estimate of drug-likeness (QED) is 0.647. The van der Waals surface area contributed by atoms with Gasteiger partial charge in [0, 0.05) is 11.7 Å². The Kier molecular flexibility index (Phi) is 6.94. The molecule has 0 spiro atoms. The Labute approximate surface area is 163 Å². The number of halogens is 2. The van der Waals surface area contributed by atoms with Crippen molar-refractivity contribution in [2.75, 3.05) is 5.32 Å². The zero-order valence-corrected chi connectivity index (χ0v) is 16.0. The lowest BCUT2D eigenvalue weighted by molar-refractivity contribution is -0.117. The maximum Gasteiger partial charge on any atom is 0.243 e. The number of nitrogens with one attached hydrogen (secondary N) is 2. The van der Waals surface area contributed by atoms with Gasteiger partial charge in [0.1, 0.15) is 10.7 Å². The summed E-state index contributed by atoms with van der Waals surface area (Å²) in [5, 5.41) is 2.55. The number of nitrogens with two attached hydrogens (primary N) is 1. The summed E-state index contributed by atoms with van der Waals surface area (Å²) in [4.78, 5) is 11.8. The van der Waals surface area contributed by atoms with Crippen LogP contribution in [0.2, 0.25) is 0 Å². The molecule has 2 aromatic carbocycles. The number of rotatable bonds is 7. The lowest BCUT2D eigenvalue weighted by Crippen LogP contribution is -2.37. The van der Waals surface area contributed by atoms with Gasteiger partial charge in [0.2, 0.25) is 15.9 Å². The number of hydrogen-bond donors (Lipinski definition) is 3. The van der Waals surface area contributed by atoms with E-state index in [1.807, 2.05) is 30.3 Å². The number of sulfonamides is 1. The average molecular weight is 414 g/mol. The van der Waals surface area contributed by atoms with Crippen LogP contribution in [0.25, 0.3) is 0 Å². The van der Waals surface area contributed by atoms with Gasteiger partial charge in [-0.3, -0.25) is 4.79 Å². The van der Waals surface area contributed by atoms with Crippen LogP contribution in [0.15, 0.2) is 53.4 Å². The molecule has 0 saturated heterocycles. The minimum absolute atomic E-state index is 0. The van der Waals surface area contributed by atoms with E-state index in [0.29, 0.717) is 6.42 Å². The SMILES string of the molecule is Cl.N[C@@H](Cc1ccccc1)C(=O)Nc1ccc(F)c(S(=O)(=O)NC2CC2)c1. The minimum Gasteiger partial charge on any atom is -0.325 e. The molecular weight excluding hydrogens is 393 g/mol. The van der Waals surface area contributed by atoms with E-state index in [9.17, 15) is 17.6 Å². The van der Waals surface area contributed by atoms with Gasteiger partial charge in [0.05, 0.1) is 6.04 Å². The van der Waals surface area contributed by atoms with Gasteiger partial charge in [-0.25, -0.2) is 17.5 Å². The molecule has 1 atom stereocenters. The fourth-order valence-electron chi connectivity index (χ4n) is 2.47. The topological polar surface area (TPSA) is 101 Å². The molecule has 3 rings (SSSR count). The van der Waals surface area contributed by atoms with Crippen molar-refractivity contribution >= 4 is 34.0 Å². The Balaban J connectivity index is 0.00000261. The smallest absolute Gasteiger partial charge is 0.243 e. The molecule has 0 aliphatic heterocycles. The van der Waals surface area contributed by atoms with E-state index in [1.54, 1.807) is 0 Å². The third-order valence-electron chi connectivity index (χ3n) is 4.02. The Morgan fingerprint density at radius 3 is 2.48 bits per heavy atom. The van der Waals surface area contributed by atoms with Crippen molar-refractivity contribution in [2.45, 2.75) is 36.2 Å². The molecule has 0 radical (unpaired) electrons. The minimum atomic E-state index is -3.96. The Morgan fingerprint density at radius 2 is 1.85 bits per heavy atom. The largest absolute Gasteiger partial charge is 0.325 e. The highest BCUT2D eigenvalue weighted by Crippen LogP contribution is 2.25. The van der Waals surface area contributed by atoms with E-state index in [1.165, 1.54) is 6.07 Å². The van der Waals surface area contributed by atoms with Crippen LogP contribution in [-0.4, -0.2) is 26.4 Å². The summed E-state index contributed by atoms with van der Waals surface area (Å²) in [6.07, 6.45) is 1.82. The van der Waals surface area contributed by atoms with Crippen LogP contribution in [0.5, 0.6) is 0 Å². The number of amides is 1. The summed E-state index contributed by atoms with van der Waals surface area (Å²) in [7, 11) is -3.96. The van der Waals surface area contributed by atoms with Gasteiger partial charge >= 0.3 is 0 Å². The van der Waals surface area contributed by atoms with Crippen molar-refractivity contribution in [1.82, 2.24) is 4.72 Å². The van der Waals surface area contributed by atoms with Crippen molar-refractivity contribution in [3.8, 4) is 0 Å². The summed E-state index contributed by atoms with van der Waals surface area (Å²) in [6, 6.07) is 11.8. The second-order valence-electron chi connectivity index (χ2n) is 6.33. The van der Waals surface area contributed by atoms with Crippen LogP contribution >= 0.6 is 12.4 Å². The van der Waals surface area contributed by atoms with Crippen molar-refractivity contribution < 1.29 is 17.6 Å². The van der Waals surface area contributed by atoms with Crippen LogP contribution in [-0.2, 0) is 21.2 Å². The fourth-order valence-corrected chi connectivity index (χ4v) is 3.88. The predicted octanol–water partition coefficient (Wildman–Crippen LogP) is 2.20. The molecule has 27 heavy (non-hydrogen) atoms. The molecule has 2 aromatic rings. The number of hydrogen-bond acceptors (Lipinski definition) is 4. The molecule has 0 bridgehead atoms. The van der Waals surface area contributed by atoms with Crippen molar-refractivity contribution in [3.05, 3.63) is 59.9 Å². The van der Waals surface area contributed by atoms with Gasteiger partial charge in [0.25, 0.3) is 0 Å². The third-order valence-corrected chi connectivity index (χ3v) is 5.56. The fraction of sp³-hybridized carbons (Fsp3) is 0.278. The van der Waals surface area contributed by atoms with Crippen LogP contribution in [0.3, 0.4) is 0 Å². The summed E-state index contributed by atoms with van der Waals surface area (Å²) in [5.41, 5.74) is 6.99. The third kappa shape index (κ3) is 5.74. The maximum atomic E-state index is 14.0. The summed E-state index contributed by atoms with van der Waals surface area (Å²) in [5.74, 6) is -1.34. The van der Waals surface area contributed by atoms with Gasteiger partial charge < -0.3 is 11.1 Å². The average Bonchev–Trinajstić information content (AvgIpc) is 3.40. The van der Waals surface area contributed by atoms with E-state index in [0.717, 1.165) is 30.5 Å². The molecule has 0 heterocycles. The van der Waals surface area contributed by atoms with Crippen molar-refractivity contribution in [3.63, 3.8) is 0 Å². The first-order valence-corrected chi connectivity index (χ1v) is 9.76. The number of carbonyl (C=O) groups is 1. The molecule has 4 N–H and O–H groups in total. The highest BCUT2D eigenvalue weighted by atomic mass is 35.5. The zero-order chi connectivity index (χ0) is 18.7. The summed E-state index contributed by atoms with van der Waals surface area (Å²) < 4.78 is 40.8. The highest BCUT2D eigenvalue weighted by Gasteiger charge is 2.30. The Bertz CT molecular complexity index is 905. The summed E-state index contributed by atoms with van der Waals surface area (Å²) in [6.45, 7) is 0. The van der Waals surface area contributed by atoms with Gasteiger partial charge in [0.15, 0.2) is 0 Å². The van der Waals surface area contributed by atoms with Gasteiger partial charge in [-0.15, -0.1) is 12.4 Å². The first kappa shape index (κ1) is 21.3. The number of benzene rings is 2. The van der Waals surface area contributed by atoms with Gasteiger partial charge in [-0.1, -0.05) is 30.3 Å². The van der Waals surface area contributed by atoms with Gasteiger partial charge in [-0.05, 0) is 43.0 Å². The highest BCUT2D eigenvalue weighted by molar-refractivity contribution is 7.89. The summed E-state index contributed by atoms with van der Waals surface area (Å²) >= 11 is 0. The van der Waals surface area contributed by atoms with E-state index in [2.05, 4.69) is 10.0 Å². The molecule has 1 aliphatic rings. The van der Waals surface area contributed by atoms with E-state index >= 15 is 0 Å². The Hall–Kier alpha value is -2.00. The lowest BCUT2D eigenvalue weighted by atomic mass is 10.1. The molecule has 0 unspecified atom stereocenters. The molecule has 1 aliphatic carbocycles. The second-order valence-corrected chi connectivity index (χ2v) is 8.01. The van der Waals surface area contributed by atoms with Crippen molar-refractivity contribution in [2.24, 2.45) is 5.73 Å². The molecule has 146 valence electrons. The van der Waals surface area contributed by atoms with Crippen LogP contribution in [0.4, 0.5) is 10.1 Å². The molecule has 1 amide bonds. The van der Waals surface area contributed by atoms with Crippen LogP contribution in [0.1, 0.15) is 18.4 Å². The lowest BCUT2D eigenvalue weighted by Gasteiger charge is -2.14. The normalized spacial score (nSPS) is 14.9. The van der Waals surface area contributed by atoms with Crippen LogP contribution < -0.4 is 15.8 Å². The van der Waals surface area contributed by atoms with Gasteiger partial charge in [-0.2, -0.15) is 0 Å². The first-order valence-electron chi connectivity index (χ1n) is 8.27. The molecule has 1 saturated carbocycles. The maximum absolute atomic E-state index is 14.0. The molecule has 9 heteroatoms. The first-order chi connectivity index (χ1) is 12.3. The van der Waals surface area contributed by atoms with E-state index in [-0.39, 0.29) is 24.1 Å². The molecular formula is C18H21ClFN3O3S. The van der Waals surface area contributed by atoms with E-state index in [4.69, 9.17) is 5.73 Å². The number of carbonyl (C=O) groups excluding carboxylic acids is 1. The second kappa shape index (κ2) is 8.79. The zero-order valence-electron chi connectivity index (χ0n) is 14.4. The van der Waals surface area contributed by atoms with Crippen molar-refractivity contribution in [1.29, 1.82) is 0 Å². The molecule has 6 nitrogen and oxygen atoms in total. The monoisotopic (exact) mass is 413 g/mol. The Morgan fingerprint density at radius 1 is 1.19 bits per heavy atom. The van der Waals surface area contributed by atoms with Crippen LogP contribution in [0, 0.1) is 5.82 Å².